The van der Waals surface area contributed by atoms with E-state index in [2.05, 4.69) is 10.2 Å². The molecule has 2 fully saturated rings. The Labute approximate surface area is 148 Å². The van der Waals surface area contributed by atoms with Crippen molar-refractivity contribution in [3.8, 4) is 5.75 Å². The van der Waals surface area contributed by atoms with Crippen molar-refractivity contribution in [3.05, 3.63) is 33.9 Å². The number of nitrogens with one attached hydrogen (secondary N) is 1. The number of nitro benzene ring substituents is 1. The summed E-state index contributed by atoms with van der Waals surface area (Å²) in [6, 6.07) is 4.45. The molecule has 1 heterocycles. The predicted molar refractivity (Wildman–Crippen MR) is 93.8 cm³/mol. The zero-order chi connectivity index (χ0) is 14.8. The van der Waals surface area contributed by atoms with Crippen LogP contribution in [-0.4, -0.2) is 41.1 Å². The average molecular weight is 364 g/mol. The van der Waals surface area contributed by atoms with Crippen LogP contribution < -0.4 is 5.32 Å². The second-order valence-corrected chi connectivity index (χ2v) is 5.98. The van der Waals surface area contributed by atoms with E-state index in [0.717, 1.165) is 32.6 Å². The van der Waals surface area contributed by atoms with Crippen LogP contribution in [0, 0.1) is 16.0 Å². The molecule has 23 heavy (non-hydrogen) atoms. The number of aromatic hydroxyl groups is 1. The zero-order valence-corrected chi connectivity index (χ0v) is 14.4. The van der Waals surface area contributed by atoms with Crippen molar-refractivity contribution in [3.63, 3.8) is 0 Å². The molecule has 1 atom stereocenters. The van der Waals surface area contributed by atoms with Gasteiger partial charge in [-0.15, -0.1) is 24.8 Å². The van der Waals surface area contributed by atoms with E-state index in [9.17, 15) is 15.2 Å². The molecule has 1 aromatic carbocycles. The average Bonchev–Trinajstić information content (AvgIpc) is 3.30. The van der Waals surface area contributed by atoms with Gasteiger partial charge < -0.3 is 10.4 Å². The van der Waals surface area contributed by atoms with E-state index in [-0.39, 0.29) is 42.3 Å². The van der Waals surface area contributed by atoms with Gasteiger partial charge in [0.1, 0.15) is 5.75 Å². The standard InChI is InChI=1S/C15H21N3O3.2ClH/c19-15-4-3-12(18(20)21)10-13(15)14(9-11-1-2-11)17-7-5-16-6-8-17;;/h3-4,10-11,14,16,19H,1-2,5-9H2;2*1H/t14-;;/m0../s1. The fourth-order valence-electron chi connectivity index (χ4n) is 3.06. The molecule has 1 aliphatic heterocycles. The van der Waals surface area contributed by atoms with E-state index in [1.165, 1.54) is 25.0 Å². The van der Waals surface area contributed by atoms with E-state index in [1.807, 2.05) is 0 Å². The summed E-state index contributed by atoms with van der Waals surface area (Å²) in [5.74, 6) is 0.869. The molecule has 0 radical (unpaired) electrons. The van der Waals surface area contributed by atoms with Crippen molar-refractivity contribution in [2.24, 2.45) is 5.92 Å². The summed E-state index contributed by atoms with van der Waals surface area (Å²) in [6.07, 6.45) is 3.45. The summed E-state index contributed by atoms with van der Waals surface area (Å²) < 4.78 is 0. The van der Waals surface area contributed by atoms with E-state index >= 15 is 0 Å². The topological polar surface area (TPSA) is 78.6 Å². The van der Waals surface area contributed by atoms with Crippen molar-refractivity contribution in [1.29, 1.82) is 0 Å². The number of nitro groups is 1. The third kappa shape index (κ3) is 4.94. The number of hydrogen-bond donors (Lipinski definition) is 2. The van der Waals surface area contributed by atoms with E-state index in [4.69, 9.17) is 0 Å². The molecule has 0 aromatic heterocycles. The van der Waals surface area contributed by atoms with Crippen molar-refractivity contribution in [1.82, 2.24) is 10.2 Å². The minimum atomic E-state index is -0.394. The van der Waals surface area contributed by atoms with Gasteiger partial charge in [-0.05, 0) is 18.4 Å². The third-order valence-corrected chi connectivity index (χ3v) is 4.43. The van der Waals surface area contributed by atoms with Gasteiger partial charge in [-0.2, -0.15) is 0 Å². The summed E-state index contributed by atoms with van der Waals surface area (Å²) in [6.45, 7) is 3.69. The van der Waals surface area contributed by atoms with Crippen molar-refractivity contribution in [2.75, 3.05) is 26.2 Å². The number of nitrogens with zero attached hydrogens (tertiary/aromatic N) is 2. The minimum Gasteiger partial charge on any atom is -0.508 e. The fourth-order valence-corrected chi connectivity index (χ4v) is 3.06. The molecule has 8 heteroatoms. The molecule has 3 rings (SSSR count). The Balaban J connectivity index is 0.00000132. The van der Waals surface area contributed by atoms with Gasteiger partial charge in [-0.1, -0.05) is 12.8 Å². The number of phenols is 1. The highest BCUT2D eigenvalue weighted by atomic mass is 35.5. The van der Waals surface area contributed by atoms with Gasteiger partial charge in [0.25, 0.3) is 5.69 Å². The maximum Gasteiger partial charge on any atom is 0.270 e. The molecule has 0 bridgehead atoms. The summed E-state index contributed by atoms with van der Waals surface area (Å²) in [5.41, 5.74) is 0.761. The monoisotopic (exact) mass is 363 g/mol. The molecular weight excluding hydrogens is 341 g/mol. The van der Waals surface area contributed by atoms with Gasteiger partial charge >= 0.3 is 0 Å². The number of halogens is 2. The first-order valence-corrected chi connectivity index (χ1v) is 7.57. The molecule has 1 aromatic rings. The van der Waals surface area contributed by atoms with Crippen LogP contribution in [0.1, 0.15) is 30.9 Å². The lowest BCUT2D eigenvalue weighted by Gasteiger charge is -2.35. The van der Waals surface area contributed by atoms with Crippen LogP contribution in [0.5, 0.6) is 5.75 Å². The molecular formula is C15H23Cl2N3O3. The Morgan fingerprint density at radius 2 is 1.96 bits per heavy atom. The predicted octanol–water partition coefficient (Wildman–Crippen LogP) is 2.89. The van der Waals surface area contributed by atoms with Gasteiger partial charge in [-0.3, -0.25) is 15.0 Å². The number of non-ortho nitro benzene ring substituents is 1. The number of rotatable bonds is 5. The molecule has 0 spiro atoms. The maximum absolute atomic E-state index is 11.0. The lowest BCUT2D eigenvalue weighted by Crippen LogP contribution is -2.45. The van der Waals surface area contributed by atoms with Gasteiger partial charge in [-0.25, -0.2) is 0 Å². The Kier molecular flexibility index (Phi) is 7.54. The van der Waals surface area contributed by atoms with Crippen LogP contribution >= 0.6 is 24.8 Å². The molecule has 0 amide bonds. The number of benzene rings is 1. The van der Waals surface area contributed by atoms with E-state index in [0.29, 0.717) is 11.5 Å². The molecule has 2 aliphatic rings. The van der Waals surface area contributed by atoms with Gasteiger partial charge in [0.05, 0.1) is 4.92 Å². The van der Waals surface area contributed by atoms with Gasteiger partial charge in [0.15, 0.2) is 0 Å². The summed E-state index contributed by atoms with van der Waals surface area (Å²) >= 11 is 0. The number of piperazine rings is 1. The van der Waals surface area contributed by atoms with E-state index in [1.54, 1.807) is 6.07 Å². The highest BCUT2D eigenvalue weighted by molar-refractivity contribution is 5.85. The SMILES string of the molecule is Cl.Cl.O=[N+]([O-])c1ccc(O)c([C@H](CC2CC2)N2CCNCC2)c1. The van der Waals surface area contributed by atoms with Gasteiger partial charge in [0.2, 0.25) is 0 Å². The van der Waals surface area contributed by atoms with Crippen LogP contribution in [0.3, 0.4) is 0 Å². The van der Waals surface area contributed by atoms with Crippen LogP contribution in [0.15, 0.2) is 18.2 Å². The first-order chi connectivity index (χ1) is 10.1. The lowest BCUT2D eigenvalue weighted by molar-refractivity contribution is -0.385. The Hall–Kier alpha value is -1.08. The quantitative estimate of drug-likeness (QED) is 0.621. The molecule has 6 nitrogen and oxygen atoms in total. The summed E-state index contributed by atoms with van der Waals surface area (Å²) in [5, 5.41) is 24.5. The lowest BCUT2D eigenvalue weighted by atomic mass is 9.97. The number of phenolic OH excluding ortho intramolecular Hbond substituents is 1. The van der Waals surface area contributed by atoms with Crippen molar-refractivity contribution < 1.29 is 10.0 Å². The van der Waals surface area contributed by atoms with Crippen molar-refractivity contribution in [2.45, 2.75) is 25.3 Å². The zero-order valence-electron chi connectivity index (χ0n) is 12.8. The largest absolute Gasteiger partial charge is 0.508 e. The second-order valence-electron chi connectivity index (χ2n) is 5.98. The first-order valence-electron chi connectivity index (χ1n) is 7.57. The highest BCUT2D eigenvalue weighted by Crippen LogP contribution is 2.43. The molecule has 0 unspecified atom stereocenters. The molecule has 1 aliphatic carbocycles. The first kappa shape index (κ1) is 20.0. The fraction of sp³-hybridized carbons (Fsp3) is 0.600. The normalized spacial score (nSPS) is 19.3. The van der Waals surface area contributed by atoms with Crippen LogP contribution in [0.4, 0.5) is 5.69 Å². The van der Waals surface area contributed by atoms with E-state index < -0.39 is 4.92 Å². The smallest absolute Gasteiger partial charge is 0.270 e. The minimum absolute atomic E-state index is 0. The van der Waals surface area contributed by atoms with Gasteiger partial charge in [0, 0.05) is 49.9 Å². The highest BCUT2D eigenvalue weighted by Gasteiger charge is 2.32. The third-order valence-electron chi connectivity index (χ3n) is 4.43. The molecule has 1 saturated heterocycles. The van der Waals surface area contributed by atoms with Crippen molar-refractivity contribution >= 4 is 30.5 Å². The Morgan fingerprint density at radius 3 is 2.52 bits per heavy atom. The molecule has 130 valence electrons. The second kappa shape index (κ2) is 8.68. The van der Waals surface area contributed by atoms with Crippen LogP contribution in [-0.2, 0) is 0 Å². The van der Waals surface area contributed by atoms with Crippen LogP contribution in [0.2, 0.25) is 0 Å². The maximum atomic E-state index is 11.0. The summed E-state index contributed by atoms with van der Waals surface area (Å²) in [4.78, 5) is 12.9. The summed E-state index contributed by atoms with van der Waals surface area (Å²) in [7, 11) is 0. The Morgan fingerprint density at radius 1 is 1.30 bits per heavy atom. The molecule has 2 N–H and O–H groups in total. The molecule has 1 saturated carbocycles. The Bertz CT molecular complexity index is 535. The number of hydrogen-bond acceptors (Lipinski definition) is 5. The van der Waals surface area contributed by atoms with Crippen LogP contribution in [0.25, 0.3) is 0 Å².